The summed E-state index contributed by atoms with van der Waals surface area (Å²) in [7, 11) is 2.82. The summed E-state index contributed by atoms with van der Waals surface area (Å²) in [6, 6.07) is 10.4. The minimum absolute atomic E-state index is 0.268. The summed E-state index contributed by atoms with van der Waals surface area (Å²) in [5, 5.41) is 5.18. The van der Waals surface area contributed by atoms with E-state index in [1.807, 2.05) is 0 Å². The van der Waals surface area contributed by atoms with Gasteiger partial charge in [-0.1, -0.05) is 0 Å². The van der Waals surface area contributed by atoms with E-state index >= 15 is 0 Å². The number of halogens is 1. The maximum atomic E-state index is 13.3. The van der Waals surface area contributed by atoms with Gasteiger partial charge in [0.05, 0.1) is 30.3 Å². The number of amides is 3. The van der Waals surface area contributed by atoms with Gasteiger partial charge in [0.1, 0.15) is 11.6 Å². The molecule has 1 aromatic carbocycles. The number of fused-ring (bicyclic) bond motifs is 1. The van der Waals surface area contributed by atoms with E-state index in [9.17, 15) is 18.8 Å². The molecule has 0 aliphatic heterocycles. The van der Waals surface area contributed by atoms with Crippen molar-refractivity contribution < 1.29 is 23.5 Å². The number of hydrogen-bond acceptors (Lipinski definition) is 6. The normalized spacial score (nSPS) is 10.6. The third-order valence-corrected chi connectivity index (χ3v) is 5.16. The number of anilines is 3. The number of carbonyl (C=O) groups excluding carboxylic acids is 3. The standard InChI is InChI=1S/C24H21FN6O4/c1-14(32)28-19-10-16(23(33)30(2)18-7-5-17(25)6-8-18)13-31-20(12-27-22(19)31)15-4-9-21(26-11-15)29-24(34)35-3/h4-13H,1-3H3,(H,28,32)(H,26,29,34). The molecule has 11 heteroatoms. The second kappa shape index (κ2) is 9.59. The summed E-state index contributed by atoms with van der Waals surface area (Å²) in [4.78, 5) is 46.5. The molecule has 0 fully saturated rings. The molecule has 0 atom stereocenters. The second-order valence-electron chi connectivity index (χ2n) is 7.55. The van der Waals surface area contributed by atoms with E-state index in [1.54, 1.807) is 36.0 Å². The van der Waals surface area contributed by atoms with E-state index in [2.05, 4.69) is 25.3 Å². The highest BCUT2D eigenvalue weighted by molar-refractivity contribution is 6.07. The van der Waals surface area contributed by atoms with Crippen molar-refractivity contribution in [3.8, 4) is 11.3 Å². The van der Waals surface area contributed by atoms with Crippen molar-refractivity contribution in [2.75, 3.05) is 29.7 Å². The summed E-state index contributed by atoms with van der Waals surface area (Å²) in [5.41, 5.74) is 2.79. The molecule has 35 heavy (non-hydrogen) atoms. The second-order valence-corrected chi connectivity index (χ2v) is 7.55. The first-order valence-electron chi connectivity index (χ1n) is 10.4. The summed E-state index contributed by atoms with van der Waals surface area (Å²) < 4.78 is 19.5. The molecule has 178 valence electrons. The van der Waals surface area contributed by atoms with E-state index in [4.69, 9.17) is 0 Å². The Hall–Kier alpha value is -4.80. The molecule has 0 bridgehead atoms. The van der Waals surface area contributed by atoms with Gasteiger partial charge in [-0.05, 0) is 42.5 Å². The smallest absolute Gasteiger partial charge is 0.412 e. The SMILES string of the molecule is COC(=O)Nc1ccc(-c2cnc3c(NC(C)=O)cc(C(=O)N(C)c4ccc(F)cc4)cn23)cn1. The van der Waals surface area contributed by atoms with Gasteiger partial charge in [0.25, 0.3) is 5.91 Å². The fourth-order valence-corrected chi connectivity index (χ4v) is 3.45. The maximum Gasteiger partial charge on any atom is 0.412 e. The molecule has 10 nitrogen and oxygen atoms in total. The lowest BCUT2D eigenvalue weighted by atomic mass is 10.2. The van der Waals surface area contributed by atoms with Crippen molar-refractivity contribution in [2.24, 2.45) is 0 Å². The van der Waals surface area contributed by atoms with Crippen molar-refractivity contribution in [1.82, 2.24) is 14.4 Å². The first kappa shape index (κ1) is 23.4. The van der Waals surface area contributed by atoms with Crippen LogP contribution < -0.4 is 15.5 Å². The van der Waals surface area contributed by atoms with Crippen molar-refractivity contribution in [1.29, 1.82) is 0 Å². The summed E-state index contributed by atoms with van der Waals surface area (Å²) in [6.45, 7) is 1.36. The van der Waals surface area contributed by atoms with Crippen LogP contribution in [-0.4, -0.2) is 46.4 Å². The molecular weight excluding hydrogens is 455 g/mol. The molecule has 3 aromatic heterocycles. The Bertz CT molecular complexity index is 1420. The topological polar surface area (TPSA) is 118 Å². The molecule has 2 N–H and O–H groups in total. The van der Waals surface area contributed by atoms with Crippen LogP contribution in [0.4, 0.5) is 26.4 Å². The zero-order valence-electron chi connectivity index (χ0n) is 19.1. The van der Waals surface area contributed by atoms with Gasteiger partial charge in [0.2, 0.25) is 5.91 Å². The molecule has 0 spiro atoms. The van der Waals surface area contributed by atoms with Crippen molar-refractivity contribution >= 4 is 40.7 Å². The predicted octanol–water partition coefficient (Wildman–Crippen LogP) is 3.95. The predicted molar refractivity (Wildman–Crippen MR) is 128 cm³/mol. The van der Waals surface area contributed by atoms with Crippen LogP contribution in [0.25, 0.3) is 16.9 Å². The Labute approximate surface area is 199 Å². The third kappa shape index (κ3) is 4.93. The van der Waals surface area contributed by atoms with E-state index in [1.165, 1.54) is 55.5 Å². The number of carbonyl (C=O) groups is 3. The number of ether oxygens (including phenoxy) is 1. The van der Waals surface area contributed by atoms with Gasteiger partial charge in [-0.25, -0.2) is 19.2 Å². The van der Waals surface area contributed by atoms with Crippen LogP contribution in [0.5, 0.6) is 0 Å². The molecular formula is C24H21FN6O4. The van der Waals surface area contributed by atoms with Crippen LogP contribution in [0.2, 0.25) is 0 Å². The van der Waals surface area contributed by atoms with Crippen LogP contribution in [0.3, 0.4) is 0 Å². The number of nitrogens with zero attached hydrogens (tertiary/aromatic N) is 4. The summed E-state index contributed by atoms with van der Waals surface area (Å²) in [5.74, 6) is -0.813. The first-order valence-corrected chi connectivity index (χ1v) is 10.4. The molecule has 0 unspecified atom stereocenters. The number of hydrogen-bond donors (Lipinski definition) is 2. The van der Waals surface area contributed by atoms with E-state index < -0.39 is 11.9 Å². The number of benzene rings is 1. The molecule has 4 rings (SSSR count). The summed E-state index contributed by atoms with van der Waals surface area (Å²) in [6.07, 6.45) is 4.08. The Morgan fingerprint density at radius 2 is 1.77 bits per heavy atom. The fraction of sp³-hybridized carbons (Fsp3) is 0.125. The van der Waals surface area contributed by atoms with Gasteiger partial charge >= 0.3 is 6.09 Å². The highest BCUT2D eigenvalue weighted by atomic mass is 19.1. The molecule has 0 saturated heterocycles. The van der Waals surface area contributed by atoms with Gasteiger partial charge in [-0.15, -0.1) is 0 Å². The third-order valence-electron chi connectivity index (χ3n) is 5.16. The Balaban J connectivity index is 1.76. The molecule has 0 radical (unpaired) electrons. The van der Waals surface area contributed by atoms with Crippen LogP contribution in [-0.2, 0) is 9.53 Å². The van der Waals surface area contributed by atoms with Crippen LogP contribution in [0, 0.1) is 5.82 Å². The van der Waals surface area contributed by atoms with Crippen LogP contribution in [0.1, 0.15) is 17.3 Å². The lowest BCUT2D eigenvalue weighted by molar-refractivity contribution is -0.114. The van der Waals surface area contributed by atoms with Crippen LogP contribution >= 0.6 is 0 Å². The largest absolute Gasteiger partial charge is 0.453 e. The molecule has 3 heterocycles. The van der Waals surface area contributed by atoms with E-state index in [0.717, 1.165) is 0 Å². The average molecular weight is 476 g/mol. The van der Waals surface area contributed by atoms with Gasteiger partial charge in [0.15, 0.2) is 5.65 Å². The van der Waals surface area contributed by atoms with Gasteiger partial charge in [-0.2, -0.15) is 0 Å². The average Bonchev–Trinajstić information content (AvgIpc) is 3.28. The molecule has 4 aromatic rings. The van der Waals surface area contributed by atoms with Crippen molar-refractivity contribution in [2.45, 2.75) is 6.92 Å². The maximum absolute atomic E-state index is 13.3. The lowest BCUT2D eigenvalue weighted by Gasteiger charge is -2.18. The number of nitrogens with one attached hydrogen (secondary N) is 2. The number of pyridine rings is 2. The lowest BCUT2D eigenvalue weighted by Crippen LogP contribution is -2.26. The molecule has 0 aliphatic rings. The van der Waals surface area contributed by atoms with Gasteiger partial charge in [-0.3, -0.25) is 19.3 Å². The van der Waals surface area contributed by atoms with Crippen molar-refractivity contribution in [3.63, 3.8) is 0 Å². The zero-order valence-corrected chi connectivity index (χ0v) is 19.1. The minimum atomic E-state index is -0.645. The Morgan fingerprint density at radius 1 is 1.03 bits per heavy atom. The zero-order chi connectivity index (χ0) is 25.1. The monoisotopic (exact) mass is 476 g/mol. The van der Waals surface area contributed by atoms with Crippen LogP contribution in [0.15, 0.2) is 61.1 Å². The number of rotatable bonds is 5. The van der Waals surface area contributed by atoms with E-state index in [0.29, 0.717) is 34.1 Å². The fourth-order valence-electron chi connectivity index (χ4n) is 3.45. The quantitative estimate of drug-likeness (QED) is 0.450. The number of methoxy groups -OCH3 is 1. The molecule has 0 aliphatic carbocycles. The molecule has 0 saturated carbocycles. The number of imidazole rings is 1. The minimum Gasteiger partial charge on any atom is -0.453 e. The highest BCUT2D eigenvalue weighted by Gasteiger charge is 2.19. The first-order chi connectivity index (χ1) is 16.8. The Morgan fingerprint density at radius 3 is 2.40 bits per heavy atom. The van der Waals surface area contributed by atoms with E-state index in [-0.39, 0.29) is 17.4 Å². The Kier molecular flexibility index (Phi) is 6.40. The number of aromatic nitrogens is 3. The molecule has 3 amide bonds. The summed E-state index contributed by atoms with van der Waals surface area (Å²) >= 11 is 0. The van der Waals surface area contributed by atoms with Crippen molar-refractivity contribution in [3.05, 3.63) is 72.4 Å². The highest BCUT2D eigenvalue weighted by Crippen LogP contribution is 2.27. The van der Waals surface area contributed by atoms with Gasteiger partial charge < -0.3 is 15.0 Å². The van der Waals surface area contributed by atoms with Gasteiger partial charge in [0, 0.05) is 37.6 Å².